The van der Waals surface area contributed by atoms with Gasteiger partial charge in [-0.25, -0.2) is 4.79 Å². The van der Waals surface area contributed by atoms with Crippen LogP contribution in [0, 0.1) is 0 Å². The number of rotatable bonds is 3. The molecule has 0 aliphatic carbocycles. The minimum atomic E-state index is -0.0656. The van der Waals surface area contributed by atoms with Crippen LogP contribution in [-0.2, 0) is 6.42 Å². The molecule has 1 atom stereocenters. The van der Waals surface area contributed by atoms with E-state index in [0.29, 0.717) is 6.42 Å². The van der Waals surface area contributed by atoms with Crippen molar-refractivity contribution in [3.05, 3.63) is 76.1 Å². The summed E-state index contributed by atoms with van der Waals surface area (Å²) in [6.07, 6.45) is 2.65. The number of imidazole rings is 1. The molecule has 0 bridgehead atoms. The minimum Gasteiger partial charge on any atom is -0.497 e. The molecule has 0 spiro atoms. The SMILES string of the molecule is COc1ccc(-n2cc3n(c2=O)C(C)c2[nH]c4ccc(OC)cc4c2C3)cc1. The molecule has 6 heteroatoms. The monoisotopic (exact) mass is 375 g/mol. The minimum absolute atomic E-state index is 0.0328. The molecule has 5 rings (SSSR count). The van der Waals surface area contributed by atoms with Gasteiger partial charge in [-0.05, 0) is 55.0 Å². The van der Waals surface area contributed by atoms with Crippen molar-refractivity contribution in [2.75, 3.05) is 14.2 Å². The molecule has 0 fully saturated rings. The zero-order valence-electron chi connectivity index (χ0n) is 16.0. The van der Waals surface area contributed by atoms with Crippen LogP contribution in [0.25, 0.3) is 16.6 Å². The molecule has 1 aliphatic rings. The first-order valence-corrected chi connectivity index (χ1v) is 9.26. The van der Waals surface area contributed by atoms with E-state index >= 15 is 0 Å². The zero-order valence-corrected chi connectivity index (χ0v) is 16.0. The normalized spacial score (nSPS) is 15.3. The van der Waals surface area contributed by atoms with Gasteiger partial charge in [0.15, 0.2) is 0 Å². The number of hydrogen-bond acceptors (Lipinski definition) is 3. The summed E-state index contributed by atoms with van der Waals surface area (Å²) in [5.74, 6) is 1.60. The van der Waals surface area contributed by atoms with E-state index in [1.807, 2.05) is 47.2 Å². The van der Waals surface area contributed by atoms with Crippen molar-refractivity contribution in [2.45, 2.75) is 19.4 Å². The number of aromatic amines is 1. The summed E-state index contributed by atoms with van der Waals surface area (Å²) in [6.45, 7) is 2.06. The van der Waals surface area contributed by atoms with Crippen LogP contribution in [0.4, 0.5) is 0 Å². The Balaban J connectivity index is 1.64. The van der Waals surface area contributed by atoms with Crippen LogP contribution in [0.1, 0.15) is 29.9 Å². The summed E-state index contributed by atoms with van der Waals surface area (Å²) < 4.78 is 14.2. The molecule has 1 unspecified atom stereocenters. The molecule has 2 aromatic heterocycles. The smallest absolute Gasteiger partial charge is 0.333 e. The Morgan fingerprint density at radius 1 is 1.04 bits per heavy atom. The first kappa shape index (κ1) is 16.7. The van der Waals surface area contributed by atoms with Crippen molar-refractivity contribution in [3.63, 3.8) is 0 Å². The third-order valence-corrected chi connectivity index (χ3v) is 5.66. The highest BCUT2D eigenvalue weighted by Crippen LogP contribution is 2.36. The topological polar surface area (TPSA) is 61.2 Å². The van der Waals surface area contributed by atoms with Crippen LogP contribution in [0.3, 0.4) is 0 Å². The quantitative estimate of drug-likeness (QED) is 0.595. The molecular weight excluding hydrogens is 354 g/mol. The number of ether oxygens (including phenoxy) is 2. The van der Waals surface area contributed by atoms with E-state index in [1.165, 1.54) is 5.56 Å². The van der Waals surface area contributed by atoms with Gasteiger partial charge in [0.2, 0.25) is 0 Å². The van der Waals surface area contributed by atoms with Crippen molar-refractivity contribution in [3.8, 4) is 17.2 Å². The van der Waals surface area contributed by atoms with Gasteiger partial charge >= 0.3 is 5.69 Å². The fourth-order valence-corrected chi connectivity index (χ4v) is 4.21. The first-order valence-electron chi connectivity index (χ1n) is 9.26. The van der Waals surface area contributed by atoms with Crippen molar-refractivity contribution in [1.82, 2.24) is 14.1 Å². The van der Waals surface area contributed by atoms with Gasteiger partial charge in [-0.15, -0.1) is 0 Å². The highest BCUT2D eigenvalue weighted by Gasteiger charge is 2.29. The first-order chi connectivity index (χ1) is 13.6. The van der Waals surface area contributed by atoms with Gasteiger partial charge in [0.1, 0.15) is 11.5 Å². The summed E-state index contributed by atoms with van der Waals surface area (Å²) in [5, 5.41) is 1.15. The Morgan fingerprint density at radius 3 is 2.46 bits per heavy atom. The lowest BCUT2D eigenvalue weighted by Crippen LogP contribution is -2.30. The second kappa shape index (κ2) is 6.05. The van der Waals surface area contributed by atoms with Crippen molar-refractivity contribution in [1.29, 1.82) is 0 Å². The van der Waals surface area contributed by atoms with E-state index in [0.717, 1.165) is 39.5 Å². The molecule has 3 heterocycles. The van der Waals surface area contributed by atoms with Crippen molar-refractivity contribution < 1.29 is 9.47 Å². The second-order valence-corrected chi connectivity index (χ2v) is 7.12. The number of nitrogens with one attached hydrogen (secondary N) is 1. The third-order valence-electron chi connectivity index (χ3n) is 5.66. The average molecular weight is 375 g/mol. The van der Waals surface area contributed by atoms with Gasteiger partial charge in [0, 0.05) is 34.9 Å². The van der Waals surface area contributed by atoms with Crippen LogP contribution in [-0.4, -0.2) is 28.3 Å². The molecule has 0 saturated heterocycles. The number of fused-ring (bicyclic) bond motifs is 4. The number of benzene rings is 2. The zero-order chi connectivity index (χ0) is 19.4. The third kappa shape index (κ3) is 2.30. The second-order valence-electron chi connectivity index (χ2n) is 7.12. The lowest BCUT2D eigenvalue weighted by molar-refractivity contribution is 0.414. The van der Waals surface area contributed by atoms with E-state index in [1.54, 1.807) is 18.8 Å². The number of nitrogens with zero attached hydrogens (tertiary/aromatic N) is 2. The average Bonchev–Trinajstić information content (AvgIpc) is 3.26. The molecule has 1 aliphatic heterocycles. The van der Waals surface area contributed by atoms with E-state index < -0.39 is 0 Å². The Morgan fingerprint density at radius 2 is 1.75 bits per heavy atom. The summed E-state index contributed by atoms with van der Waals surface area (Å²) in [7, 11) is 3.31. The Labute approximate surface area is 161 Å². The molecule has 2 aromatic carbocycles. The summed E-state index contributed by atoms with van der Waals surface area (Å²) >= 11 is 0. The number of hydrogen-bond donors (Lipinski definition) is 1. The van der Waals surface area contributed by atoms with E-state index in [4.69, 9.17) is 9.47 Å². The number of methoxy groups -OCH3 is 2. The number of H-pyrrole nitrogens is 1. The van der Waals surface area contributed by atoms with Crippen molar-refractivity contribution >= 4 is 10.9 Å². The molecule has 1 N–H and O–H groups in total. The molecule has 0 saturated carbocycles. The maximum absolute atomic E-state index is 13.2. The maximum atomic E-state index is 13.2. The summed E-state index contributed by atoms with van der Waals surface area (Å²) in [6, 6.07) is 13.5. The van der Waals surface area contributed by atoms with Gasteiger partial charge < -0.3 is 14.5 Å². The van der Waals surface area contributed by atoms with Gasteiger partial charge in [0.25, 0.3) is 0 Å². The van der Waals surface area contributed by atoms with Crippen molar-refractivity contribution in [2.24, 2.45) is 0 Å². The molecular formula is C22H21N3O3. The number of aromatic nitrogens is 3. The highest BCUT2D eigenvalue weighted by atomic mass is 16.5. The highest BCUT2D eigenvalue weighted by molar-refractivity contribution is 5.87. The Hall–Kier alpha value is -3.41. The fourth-order valence-electron chi connectivity index (χ4n) is 4.21. The summed E-state index contributed by atoms with van der Waals surface area (Å²) in [4.78, 5) is 16.7. The fraction of sp³-hybridized carbons (Fsp3) is 0.227. The molecule has 0 amide bonds. The molecule has 6 nitrogen and oxygen atoms in total. The molecule has 28 heavy (non-hydrogen) atoms. The lowest BCUT2D eigenvalue weighted by atomic mass is 9.98. The predicted octanol–water partition coefficient (Wildman–Crippen LogP) is 3.65. The van der Waals surface area contributed by atoms with E-state index in [9.17, 15) is 4.79 Å². The molecule has 4 aromatic rings. The van der Waals surface area contributed by atoms with Crippen LogP contribution in [0.2, 0.25) is 0 Å². The maximum Gasteiger partial charge on any atom is 0.333 e. The van der Waals surface area contributed by atoms with Gasteiger partial charge in [0.05, 0.1) is 25.9 Å². The standard InChI is InChI=1S/C22H21N3O3/c1-13-21-19(18-11-17(28-3)8-9-20(18)23-21)10-15-12-24(22(26)25(13)15)14-4-6-16(27-2)7-5-14/h4-9,11-13,23H,10H2,1-3H3. The van der Waals surface area contributed by atoms with Gasteiger partial charge in [-0.2, -0.15) is 0 Å². The van der Waals surface area contributed by atoms with Crippen LogP contribution in [0.15, 0.2) is 53.5 Å². The lowest BCUT2D eigenvalue weighted by Gasteiger charge is -2.21. The van der Waals surface area contributed by atoms with Crippen LogP contribution >= 0.6 is 0 Å². The Bertz CT molecular complexity index is 1240. The summed E-state index contributed by atoms with van der Waals surface area (Å²) in [5.41, 5.74) is 5.19. The Kier molecular flexibility index (Phi) is 3.62. The molecule has 142 valence electrons. The van der Waals surface area contributed by atoms with Gasteiger partial charge in [-0.3, -0.25) is 9.13 Å². The van der Waals surface area contributed by atoms with Crippen LogP contribution < -0.4 is 15.2 Å². The van der Waals surface area contributed by atoms with Gasteiger partial charge in [-0.1, -0.05) is 0 Å². The van der Waals surface area contributed by atoms with E-state index in [-0.39, 0.29) is 11.7 Å². The van der Waals surface area contributed by atoms with Crippen LogP contribution in [0.5, 0.6) is 11.5 Å². The predicted molar refractivity (Wildman–Crippen MR) is 108 cm³/mol. The molecule has 0 radical (unpaired) electrons. The largest absolute Gasteiger partial charge is 0.497 e. The van der Waals surface area contributed by atoms with E-state index in [2.05, 4.69) is 18.0 Å².